The summed E-state index contributed by atoms with van der Waals surface area (Å²) >= 11 is 0. The van der Waals surface area contributed by atoms with Crippen molar-refractivity contribution >= 4 is 16.9 Å². The number of carboxylic acid groups (broad SMARTS) is 1. The molecule has 0 saturated heterocycles. The number of hydrogen-bond acceptors (Lipinski definition) is 1. The van der Waals surface area contributed by atoms with Gasteiger partial charge in [0.2, 0.25) is 0 Å². The zero-order valence-corrected chi connectivity index (χ0v) is 9.50. The second-order valence-corrected chi connectivity index (χ2v) is 4.03. The van der Waals surface area contributed by atoms with Gasteiger partial charge in [-0.3, -0.25) is 0 Å². The van der Waals surface area contributed by atoms with Crippen LogP contribution in [0.3, 0.4) is 0 Å². The highest BCUT2D eigenvalue weighted by Crippen LogP contribution is 2.20. The smallest absolute Gasteiger partial charge is 0.335 e. The molecule has 0 aliphatic rings. The Morgan fingerprint density at radius 2 is 2.11 bits per heavy atom. The molecule has 18 heavy (non-hydrogen) atoms. The second-order valence-electron chi connectivity index (χ2n) is 4.03. The lowest BCUT2D eigenvalue weighted by molar-refractivity contribution is 0.0697. The van der Waals surface area contributed by atoms with Gasteiger partial charge in [0, 0.05) is 17.3 Å². The number of aromatic nitrogens is 1. The topological polar surface area (TPSA) is 42.2 Å². The molecule has 3 rings (SSSR count). The third-order valence-electron chi connectivity index (χ3n) is 2.91. The molecule has 0 unspecified atom stereocenters. The van der Waals surface area contributed by atoms with E-state index in [0.717, 1.165) is 16.6 Å². The average molecular weight is 236 g/mol. The van der Waals surface area contributed by atoms with Crippen LogP contribution in [0.15, 0.2) is 54.7 Å². The van der Waals surface area contributed by atoms with E-state index in [1.54, 1.807) is 18.2 Å². The molecule has 0 fully saturated rings. The van der Waals surface area contributed by atoms with Gasteiger partial charge in [0.15, 0.2) is 0 Å². The first-order valence-electron chi connectivity index (χ1n) is 5.56. The van der Waals surface area contributed by atoms with Crippen LogP contribution in [0.5, 0.6) is 0 Å². The van der Waals surface area contributed by atoms with Gasteiger partial charge in [0.05, 0.1) is 11.1 Å². The number of fused-ring (bicyclic) bond motifs is 1. The maximum absolute atomic E-state index is 11.0. The summed E-state index contributed by atoms with van der Waals surface area (Å²) in [6.45, 7) is 0. The molecule has 3 aromatic rings. The summed E-state index contributed by atoms with van der Waals surface area (Å²) in [4.78, 5) is 11.0. The molecule has 87 valence electrons. The Morgan fingerprint density at radius 3 is 2.94 bits per heavy atom. The Labute approximate surface area is 104 Å². The predicted molar refractivity (Wildman–Crippen MR) is 69.1 cm³/mol. The molecule has 0 aliphatic carbocycles. The molecule has 3 nitrogen and oxygen atoms in total. The molecular weight excluding hydrogens is 226 g/mol. The number of rotatable bonds is 2. The van der Waals surface area contributed by atoms with Crippen LogP contribution in [-0.2, 0) is 0 Å². The Hall–Kier alpha value is -2.55. The number of carbonyl (C=O) groups is 1. The van der Waals surface area contributed by atoms with Crippen molar-refractivity contribution in [2.24, 2.45) is 0 Å². The molecule has 0 bridgehead atoms. The molecular formula is C15H10NO2. The number of aromatic carboxylic acids is 1. The zero-order valence-electron chi connectivity index (χ0n) is 9.50. The first-order valence-corrected chi connectivity index (χ1v) is 5.56. The van der Waals surface area contributed by atoms with Crippen LogP contribution in [0.2, 0.25) is 0 Å². The first-order chi connectivity index (χ1) is 8.75. The van der Waals surface area contributed by atoms with Crippen LogP contribution < -0.4 is 0 Å². The minimum atomic E-state index is -0.915. The molecule has 0 aliphatic heterocycles. The fourth-order valence-electron chi connectivity index (χ4n) is 2.04. The third-order valence-corrected chi connectivity index (χ3v) is 2.91. The van der Waals surface area contributed by atoms with Crippen LogP contribution in [-0.4, -0.2) is 15.6 Å². The van der Waals surface area contributed by atoms with Crippen LogP contribution >= 0.6 is 0 Å². The van der Waals surface area contributed by atoms with E-state index in [9.17, 15) is 4.79 Å². The van der Waals surface area contributed by atoms with Gasteiger partial charge in [0.1, 0.15) is 0 Å². The normalized spacial score (nSPS) is 10.7. The summed E-state index contributed by atoms with van der Waals surface area (Å²) in [6, 6.07) is 17.6. The summed E-state index contributed by atoms with van der Waals surface area (Å²) in [5.74, 6) is -0.915. The van der Waals surface area contributed by atoms with E-state index >= 15 is 0 Å². The molecule has 1 N–H and O–H groups in total. The number of nitrogens with zero attached hydrogens (tertiary/aromatic N) is 1. The van der Waals surface area contributed by atoms with E-state index in [-0.39, 0.29) is 5.56 Å². The number of hydrogen-bond donors (Lipinski definition) is 1. The molecule has 0 saturated carbocycles. The summed E-state index contributed by atoms with van der Waals surface area (Å²) < 4.78 is 1.97. The van der Waals surface area contributed by atoms with Gasteiger partial charge < -0.3 is 9.67 Å². The van der Waals surface area contributed by atoms with Gasteiger partial charge in [0.25, 0.3) is 0 Å². The van der Waals surface area contributed by atoms with Crippen molar-refractivity contribution in [3.63, 3.8) is 0 Å². The van der Waals surface area contributed by atoms with E-state index < -0.39 is 5.97 Å². The summed E-state index contributed by atoms with van der Waals surface area (Å²) in [5, 5.41) is 10.1. The Kier molecular flexibility index (Phi) is 2.38. The van der Waals surface area contributed by atoms with Gasteiger partial charge in [-0.25, -0.2) is 4.79 Å². The van der Waals surface area contributed by atoms with Crippen molar-refractivity contribution in [3.8, 4) is 5.69 Å². The van der Waals surface area contributed by atoms with E-state index in [1.807, 2.05) is 41.1 Å². The van der Waals surface area contributed by atoms with Gasteiger partial charge in [-0.2, -0.15) is 0 Å². The molecule has 1 heterocycles. The standard InChI is InChI=1S/C15H10NO2/c17-15(18)12-5-3-6-13(10-12)16-9-8-11-4-1-2-7-14(11)16/h2-10H,(H,17,18). The van der Waals surface area contributed by atoms with Crippen molar-refractivity contribution < 1.29 is 9.90 Å². The Morgan fingerprint density at radius 1 is 1.22 bits per heavy atom. The molecule has 1 radical (unpaired) electrons. The maximum Gasteiger partial charge on any atom is 0.335 e. The van der Waals surface area contributed by atoms with Gasteiger partial charge in [-0.05, 0) is 42.5 Å². The largest absolute Gasteiger partial charge is 0.478 e. The molecule has 0 spiro atoms. The summed E-state index contributed by atoms with van der Waals surface area (Å²) in [6.07, 6.45) is 1.93. The molecule has 3 heteroatoms. The first kappa shape index (κ1) is 10.6. The second kappa shape index (κ2) is 4.04. The fraction of sp³-hybridized carbons (Fsp3) is 0. The average Bonchev–Trinajstić information content (AvgIpc) is 2.82. The fourth-order valence-corrected chi connectivity index (χ4v) is 2.04. The molecule has 1 aromatic heterocycles. The zero-order chi connectivity index (χ0) is 12.5. The van der Waals surface area contributed by atoms with E-state index in [4.69, 9.17) is 5.11 Å². The highest BCUT2D eigenvalue weighted by molar-refractivity contribution is 5.89. The highest BCUT2D eigenvalue weighted by atomic mass is 16.4. The Balaban J connectivity index is 2.20. The molecule has 0 atom stereocenters. The number of benzene rings is 2. The van der Waals surface area contributed by atoms with E-state index in [2.05, 4.69) is 6.07 Å². The van der Waals surface area contributed by atoms with Crippen molar-refractivity contribution in [2.45, 2.75) is 0 Å². The lowest BCUT2D eigenvalue weighted by atomic mass is 10.2. The van der Waals surface area contributed by atoms with Crippen molar-refractivity contribution in [1.29, 1.82) is 0 Å². The highest BCUT2D eigenvalue weighted by Gasteiger charge is 2.06. The van der Waals surface area contributed by atoms with Gasteiger partial charge in [-0.15, -0.1) is 0 Å². The lowest BCUT2D eigenvalue weighted by Gasteiger charge is -2.06. The molecule has 2 aromatic carbocycles. The SMILES string of the molecule is O=C(O)c1cccc(-n2ccc3c[c]ccc32)c1. The van der Waals surface area contributed by atoms with Crippen LogP contribution in [0, 0.1) is 6.07 Å². The Bertz CT molecular complexity index is 728. The van der Waals surface area contributed by atoms with Crippen LogP contribution in [0.4, 0.5) is 0 Å². The monoisotopic (exact) mass is 236 g/mol. The van der Waals surface area contributed by atoms with Gasteiger partial charge in [-0.1, -0.05) is 12.1 Å². The van der Waals surface area contributed by atoms with Gasteiger partial charge >= 0.3 is 5.97 Å². The molecule has 0 amide bonds. The van der Waals surface area contributed by atoms with Crippen molar-refractivity contribution in [2.75, 3.05) is 0 Å². The van der Waals surface area contributed by atoms with Crippen LogP contribution in [0.25, 0.3) is 16.6 Å². The summed E-state index contributed by atoms with van der Waals surface area (Å²) in [7, 11) is 0. The summed E-state index contributed by atoms with van der Waals surface area (Å²) in [5.41, 5.74) is 2.17. The lowest BCUT2D eigenvalue weighted by Crippen LogP contribution is -1.98. The van der Waals surface area contributed by atoms with E-state index in [0.29, 0.717) is 0 Å². The minimum Gasteiger partial charge on any atom is -0.478 e. The van der Waals surface area contributed by atoms with Crippen molar-refractivity contribution in [3.05, 3.63) is 66.4 Å². The van der Waals surface area contributed by atoms with Crippen LogP contribution in [0.1, 0.15) is 10.4 Å². The third kappa shape index (κ3) is 1.66. The van der Waals surface area contributed by atoms with Crippen molar-refractivity contribution in [1.82, 2.24) is 4.57 Å². The quantitative estimate of drug-likeness (QED) is 0.742. The predicted octanol–water partition coefficient (Wildman–Crippen LogP) is 3.13. The van der Waals surface area contributed by atoms with E-state index in [1.165, 1.54) is 0 Å². The number of carboxylic acids is 1. The minimum absolute atomic E-state index is 0.289. The maximum atomic E-state index is 11.0.